The highest BCUT2D eigenvalue weighted by Gasteiger charge is 2.19. The summed E-state index contributed by atoms with van der Waals surface area (Å²) in [6.45, 7) is 1.05. The van der Waals surface area contributed by atoms with Crippen molar-refractivity contribution in [1.29, 1.82) is 0 Å². The van der Waals surface area contributed by atoms with Crippen LogP contribution in [0.4, 0.5) is 0 Å². The van der Waals surface area contributed by atoms with Crippen LogP contribution in [0.5, 0.6) is 5.75 Å². The van der Waals surface area contributed by atoms with Gasteiger partial charge in [-0.15, -0.1) is 0 Å². The van der Waals surface area contributed by atoms with Crippen molar-refractivity contribution in [3.63, 3.8) is 0 Å². The first-order valence-corrected chi connectivity index (χ1v) is 8.22. The summed E-state index contributed by atoms with van der Waals surface area (Å²) in [7, 11) is -2.95. The Morgan fingerprint density at radius 1 is 1.39 bits per heavy atom. The quantitative estimate of drug-likeness (QED) is 0.812. The fraction of sp³-hybridized carbons (Fsp3) is 0.538. The molecule has 0 bridgehead atoms. The molecule has 2 rings (SSSR count). The van der Waals surface area contributed by atoms with Crippen LogP contribution in [0, 0.1) is 0 Å². The molecule has 0 atom stereocenters. The Labute approximate surface area is 108 Å². The third-order valence-corrected chi connectivity index (χ3v) is 3.70. The van der Waals surface area contributed by atoms with E-state index in [1.807, 2.05) is 24.3 Å². The minimum atomic E-state index is -2.95. The van der Waals surface area contributed by atoms with E-state index >= 15 is 0 Å². The number of rotatable bonds is 7. The number of ether oxygens (including phenoxy) is 1. The van der Waals surface area contributed by atoms with E-state index in [1.54, 1.807) is 0 Å². The second-order valence-corrected chi connectivity index (χ2v) is 7.04. The summed E-state index contributed by atoms with van der Waals surface area (Å²) in [5.74, 6) is 0.783. The Morgan fingerprint density at radius 3 is 2.83 bits per heavy atom. The highest BCUT2D eigenvalue weighted by Crippen LogP contribution is 2.20. The van der Waals surface area contributed by atoms with Gasteiger partial charge in [-0.1, -0.05) is 12.1 Å². The van der Waals surface area contributed by atoms with Crippen LogP contribution in [0.2, 0.25) is 0 Å². The van der Waals surface area contributed by atoms with Crippen molar-refractivity contribution in [2.75, 3.05) is 18.6 Å². The van der Waals surface area contributed by atoms with E-state index in [0.717, 1.165) is 12.3 Å². The molecular formula is C13H19NO3S. The third-order valence-electron chi connectivity index (χ3n) is 2.79. The Bertz CT molecular complexity index is 495. The lowest BCUT2D eigenvalue weighted by Crippen LogP contribution is -2.15. The molecule has 0 heterocycles. The first kappa shape index (κ1) is 13.4. The van der Waals surface area contributed by atoms with Crippen molar-refractivity contribution in [3.8, 4) is 5.75 Å². The fourth-order valence-electron chi connectivity index (χ4n) is 1.61. The second kappa shape index (κ2) is 5.71. The molecule has 0 spiro atoms. The van der Waals surface area contributed by atoms with E-state index in [4.69, 9.17) is 4.74 Å². The SMILES string of the molecule is CS(=O)(=O)CCOc1cccc(CNC2CC2)c1. The lowest BCUT2D eigenvalue weighted by Gasteiger charge is -2.08. The molecule has 1 aromatic rings. The molecule has 1 saturated carbocycles. The van der Waals surface area contributed by atoms with Crippen molar-refractivity contribution in [2.24, 2.45) is 0 Å². The molecule has 0 radical (unpaired) electrons. The normalized spacial score (nSPS) is 15.6. The molecule has 0 aromatic heterocycles. The number of hydrogen-bond donors (Lipinski definition) is 1. The maximum absolute atomic E-state index is 11.0. The molecule has 1 aromatic carbocycles. The predicted octanol–water partition coefficient (Wildman–Crippen LogP) is 1.36. The Hall–Kier alpha value is -1.07. The average molecular weight is 269 g/mol. The zero-order chi connectivity index (χ0) is 13.0. The molecule has 1 N–H and O–H groups in total. The van der Waals surface area contributed by atoms with E-state index in [2.05, 4.69) is 5.32 Å². The first-order valence-electron chi connectivity index (χ1n) is 6.16. The standard InChI is InChI=1S/C13H19NO3S/c1-18(15,16)8-7-17-13-4-2-3-11(9-13)10-14-12-5-6-12/h2-4,9,12,14H,5-8,10H2,1H3. The molecule has 0 aliphatic heterocycles. The van der Waals surface area contributed by atoms with Crippen LogP contribution in [-0.2, 0) is 16.4 Å². The van der Waals surface area contributed by atoms with E-state index < -0.39 is 9.84 Å². The summed E-state index contributed by atoms with van der Waals surface area (Å²) in [5.41, 5.74) is 1.17. The Kier molecular flexibility index (Phi) is 4.24. The molecule has 4 nitrogen and oxygen atoms in total. The van der Waals surface area contributed by atoms with Gasteiger partial charge in [0.25, 0.3) is 0 Å². The lowest BCUT2D eigenvalue weighted by molar-refractivity contribution is 0.340. The van der Waals surface area contributed by atoms with Crippen LogP contribution in [0.15, 0.2) is 24.3 Å². The minimum Gasteiger partial charge on any atom is -0.493 e. The lowest BCUT2D eigenvalue weighted by atomic mass is 10.2. The summed E-state index contributed by atoms with van der Waals surface area (Å²) in [6.07, 6.45) is 3.75. The van der Waals surface area contributed by atoms with Gasteiger partial charge in [-0.2, -0.15) is 0 Å². The van der Waals surface area contributed by atoms with E-state index in [1.165, 1.54) is 24.7 Å². The van der Waals surface area contributed by atoms with E-state index in [-0.39, 0.29) is 12.4 Å². The van der Waals surface area contributed by atoms with Crippen LogP contribution < -0.4 is 10.1 Å². The van der Waals surface area contributed by atoms with Gasteiger partial charge >= 0.3 is 0 Å². The van der Waals surface area contributed by atoms with Gasteiger partial charge in [0.1, 0.15) is 12.4 Å². The Balaban J connectivity index is 1.82. The summed E-state index contributed by atoms with van der Waals surface area (Å²) in [4.78, 5) is 0. The zero-order valence-corrected chi connectivity index (χ0v) is 11.4. The average Bonchev–Trinajstić information content (AvgIpc) is 3.09. The molecule has 0 amide bonds. The second-order valence-electron chi connectivity index (χ2n) is 4.78. The Morgan fingerprint density at radius 2 is 2.17 bits per heavy atom. The van der Waals surface area contributed by atoms with Crippen molar-refractivity contribution >= 4 is 9.84 Å². The maximum Gasteiger partial charge on any atom is 0.150 e. The maximum atomic E-state index is 11.0. The molecule has 0 saturated heterocycles. The summed E-state index contributed by atoms with van der Waals surface area (Å²) in [5, 5.41) is 3.43. The highest BCUT2D eigenvalue weighted by molar-refractivity contribution is 7.90. The van der Waals surface area contributed by atoms with Crippen molar-refractivity contribution in [3.05, 3.63) is 29.8 Å². The van der Waals surface area contributed by atoms with Gasteiger partial charge in [0, 0.05) is 18.8 Å². The van der Waals surface area contributed by atoms with Crippen molar-refractivity contribution < 1.29 is 13.2 Å². The van der Waals surface area contributed by atoms with Crippen molar-refractivity contribution in [1.82, 2.24) is 5.32 Å². The molecule has 5 heteroatoms. The van der Waals surface area contributed by atoms with Crippen LogP contribution in [0.25, 0.3) is 0 Å². The van der Waals surface area contributed by atoms with Gasteiger partial charge in [0.05, 0.1) is 5.75 Å². The van der Waals surface area contributed by atoms with Gasteiger partial charge in [0.2, 0.25) is 0 Å². The van der Waals surface area contributed by atoms with Gasteiger partial charge in [-0.25, -0.2) is 8.42 Å². The topological polar surface area (TPSA) is 55.4 Å². The molecule has 18 heavy (non-hydrogen) atoms. The molecule has 0 unspecified atom stereocenters. The summed E-state index contributed by atoms with van der Waals surface area (Å²) in [6, 6.07) is 8.46. The van der Waals surface area contributed by atoms with Gasteiger partial charge in [-0.3, -0.25) is 0 Å². The number of benzene rings is 1. The van der Waals surface area contributed by atoms with E-state index in [0.29, 0.717) is 6.04 Å². The van der Waals surface area contributed by atoms with Gasteiger partial charge in [-0.05, 0) is 30.5 Å². The van der Waals surface area contributed by atoms with E-state index in [9.17, 15) is 8.42 Å². The molecular weight excluding hydrogens is 250 g/mol. The third kappa shape index (κ3) is 5.06. The molecule has 100 valence electrons. The minimum absolute atomic E-state index is 0.0531. The zero-order valence-electron chi connectivity index (χ0n) is 10.6. The fourth-order valence-corrected chi connectivity index (χ4v) is 1.99. The first-order chi connectivity index (χ1) is 8.53. The number of nitrogens with one attached hydrogen (secondary N) is 1. The highest BCUT2D eigenvalue weighted by atomic mass is 32.2. The molecule has 1 fully saturated rings. The van der Waals surface area contributed by atoms with Crippen LogP contribution in [0.3, 0.4) is 0 Å². The summed E-state index contributed by atoms with van der Waals surface area (Å²) >= 11 is 0. The smallest absolute Gasteiger partial charge is 0.150 e. The molecule has 1 aliphatic rings. The monoisotopic (exact) mass is 269 g/mol. The summed E-state index contributed by atoms with van der Waals surface area (Å²) < 4.78 is 27.4. The van der Waals surface area contributed by atoms with Crippen LogP contribution in [0.1, 0.15) is 18.4 Å². The van der Waals surface area contributed by atoms with Gasteiger partial charge < -0.3 is 10.1 Å². The van der Waals surface area contributed by atoms with Crippen LogP contribution >= 0.6 is 0 Å². The predicted molar refractivity (Wildman–Crippen MR) is 71.5 cm³/mol. The number of hydrogen-bond acceptors (Lipinski definition) is 4. The molecule has 1 aliphatic carbocycles. The number of sulfone groups is 1. The van der Waals surface area contributed by atoms with Gasteiger partial charge in [0.15, 0.2) is 9.84 Å². The van der Waals surface area contributed by atoms with Crippen LogP contribution in [-0.4, -0.2) is 33.1 Å². The van der Waals surface area contributed by atoms with Crippen molar-refractivity contribution in [2.45, 2.75) is 25.4 Å². The largest absolute Gasteiger partial charge is 0.493 e.